The average molecular weight is 212 g/mol. The molecule has 80 valence electrons. The first kappa shape index (κ1) is 9.40. The quantitative estimate of drug-likeness (QED) is 0.663. The summed E-state index contributed by atoms with van der Waals surface area (Å²) in [6.45, 7) is 1.05. The van der Waals surface area contributed by atoms with Crippen molar-refractivity contribution in [3.63, 3.8) is 0 Å². The van der Waals surface area contributed by atoms with Crippen LogP contribution in [0, 0.1) is 0 Å². The van der Waals surface area contributed by atoms with E-state index in [1.807, 2.05) is 12.1 Å². The molecule has 0 unspecified atom stereocenters. The standard InChI is InChI=1S/C14H14NO/c1-15-9-8-11-5-2-3-6-12(11)14(15)13-7-4-10-16-13/h2-7,10H,8-9H2,1H3/q+1. The molecule has 0 saturated heterocycles. The van der Waals surface area contributed by atoms with Gasteiger partial charge >= 0.3 is 0 Å². The molecule has 1 aliphatic rings. The van der Waals surface area contributed by atoms with Gasteiger partial charge in [-0.15, -0.1) is 0 Å². The molecule has 2 aromatic rings. The van der Waals surface area contributed by atoms with E-state index in [2.05, 4.69) is 35.9 Å². The van der Waals surface area contributed by atoms with E-state index in [0.29, 0.717) is 0 Å². The van der Waals surface area contributed by atoms with Gasteiger partial charge in [-0.2, -0.15) is 0 Å². The fraction of sp³-hybridized carbons (Fsp3) is 0.214. The third-order valence-electron chi connectivity index (χ3n) is 3.13. The molecule has 0 N–H and O–H groups in total. The molecule has 3 rings (SSSR count). The fourth-order valence-corrected chi connectivity index (χ4v) is 2.31. The van der Waals surface area contributed by atoms with Crippen molar-refractivity contribution >= 4 is 5.71 Å². The summed E-state index contributed by atoms with van der Waals surface area (Å²) in [7, 11) is 2.12. The van der Waals surface area contributed by atoms with E-state index >= 15 is 0 Å². The second kappa shape index (κ2) is 3.63. The van der Waals surface area contributed by atoms with Crippen LogP contribution in [0.3, 0.4) is 0 Å². The van der Waals surface area contributed by atoms with Crippen molar-refractivity contribution in [3.8, 4) is 0 Å². The summed E-state index contributed by atoms with van der Waals surface area (Å²) in [5.74, 6) is 0.953. The Kier molecular flexibility index (Phi) is 2.13. The first-order valence-corrected chi connectivity index (χ1v) is 5.56. The Hall–Kier alpha value is -1.83. The van der Waals surface area contributed by atoms with Gasteiger partial charge in [0.05, 0.1) is 11.8 Å². The predicted octanol–water partition coefficient (Wildman–Crippen LogP) is 2.32. The van der Waals surface area contributed by atoms with Crippen LogP contribution in [-0.4, -0.2) is 23.9 Å². The highest BCUT2D eigenvalue weighted by molar-refractivity contribution is 6.09. The van der Waals surface area contributed by atoms with Crippen molar-refractivity contribution in [2.45, 2.75) is 6.42 Å². The van der Waals surface area contributed by atoms with Crippen LogP contribution in [0.2, 0.25) is 0 Å². The minimum atomic E-state index is 0.953. The molecule has 1 aromatic heterocycles. The number of nitrogens with zero attached hydrogens (tertiary/aromatic N) is 1. The van der Waals surface area contributed by atoms with Gasteiger partial charge in [-0.1, -0.05) is 18.2 Å². The summed E-state index contributed by atoms with van der Waals surface area (Å²) < 4.78 is 7.79. The SMILES string of the molecule is C[N+]1=C(c2ccco2)c2ccccc2CC1. The van der Waals surface area contributed by atoms with Crippen molar-refractivity contribution in [2.24, 2.45) is 0 Å². The summed E-state index contributed by atoms with van der Waals surface area (Å²) in [4.78, 5) is 0. The highest BCUT2D eigenvalue weighted by Crippen LogP contribution is 2.19. The monoisotopic (exact) mass is 212 g/mol. The summed E-state index contributed by atoms with van der Waals surface area (Å²) >= 11 is 0. The summed E-state index contributed by atoms with van der Waals surface area (Å²) in [6.07, 6.45) is 2.84. The van der Waals surface area contributed by atoms with Gasteiger partial charge in [-0.3, -0.25) is 0 Å². The minimum absolute atomic E-state index is 0.953. The first-order chi connectivity index (χ1) is 7.86. The highest BCUT2D eigenvalue weighted by atomic mass is 16.3. The van der Waals surface area contributed by atoms with E-state index in [4.69, 9.17) is 4.42 Å². The maximum absolute atomic E-state index is 5.52. The van der Waals surface area contributed by atoms with Gasteiger partial charge in [-0.05, 0) is 23.8 Å². The molecule has 0 aliphatic carbocycles. The molecule has 0 saturated carbocycles. The summed E-state index contributed by atoms with van der Waals surface area (Å²) in [6, 6.07) is 12.5. The van der Waals surface area contributed by atoms with Gasteiger partial charge in [0, 0.05) is 6.42 Å². The lowest BCUT2D eigenvalue weighted by atomic mass is 9.96. The van der Waals surface area contributed by atoms with Crippen molar-refractivity contribution in [1.29, 1.82) is 0 Å². The van der Waals surface area contributed by atoms with Crippen LogP contribution in [0.1, 0.15) is 16.9 Å². The largest absolute Gasteiger partial charge is 0.458 e. The van der Waals surface area contributed by atoms with Gasteiger partial charge < -0.3 is 4.42 Å². The smallest absolute Gasteiger partial charge is 0.250 e. The molecule has 2 heteroatoms. The Labute approximate surface area is 94.8 Å². The van der Waals surface area contributed by atoms with Gasteiger partial charge in [0.1, 0.15) is 13.6 Å². The van der Waals surface area contributed by atoms with Gasteiger partial charge in [0.25, 0.3) is 0 Å². The van der Waals surface area contributed by atoms with Crippen LogP contribution < -0.4 is 0 Å². The summed E-state index contributed by atoms with van der Waals surface area (Å²) in [5, 5.41) is 0. The number of likely N-dealkylation sites (N-methyl/N-ethyl adjacent to an activating group) is 1. The minimum Gasteiger partial charge on any atom is -0.458 e. The van der Waals surface area contributed by atoms with Crippen LogP contribution in [0.25, 0.3) is 0 Å². The molecule has 0 bridgehead atoms. The predicted molar refractivity (Wildman–Crippen MR) is 63.1 cm³/mol. The number of furan rings is 1. The Balaban J connectivity index is 2.22. The molecular formula is C14H14NO+. The highest BCUT2D eigenvalue weighted by Gasteiger charge is 2.26. The molecule has 0 amide bonds. The van der Waals surface area contributed by atoms with Gasteiger partial charge in [-0.25, -0.2) is 4.58 Å². The Morgan fingerprint density at radius 1 is 1.12 bits per heavy atom. The zero-order valence-corrected chi connectivity index (χ0v) is 9.31. The second-order valence-corrected chi connectivity index (χ2v) is 4.15. The maximum atomic E-state index is 5.52. The van der Waals surface area contributed by atoms with Gasteiger partial charge in [0.2, 0.25) is 5.71 Å². The van der Waals surface area contributed by atoms with Crippen LogP contribution in [-0.2, 0) is 6.42 Å². The maximum Gasteiger partial charge on any atom is 0.250 e. The van der Waals surface area contributed by atoms with E-state index < -0.39 is 0 Å². The van der Waals surface area contributed by atoms with Crippen molar-refractivity contribution in [2.75, 3.05) is 13.6 Å². The molecular weight excluding hydrogens is 198 g/mol. The molecule has 0 atom stereocenters. The third kappa shape index (κ3) is 1.38. The topological polar surface area (TPSA) is 16.1 Å². The van der Waals surface area contributed by atoms with Crippen molar-refractivity contribution in [3.05, 3.63) is 59.5 Å². The summed E-state index contributed by atoms with van der Waals surface area (Å²) in [5.41, 5.74) is 3.91. The molecule has 1 aromatic carbocycles. The zero-order valence-electron chi connectivity index (χ0n) is 9.31. The van der Waals surface area contributed by atoms with E-state index in [1.54, 1.807) is 6.26 Å². The van der Waals surface area contributed by atoms with E-state index in [0.717, 1.165) is 18.7 Å². The first-order valence-electron chi connectivity index (χ1n) is 5.56. The van der Waals surface area contributed by atoms with E-state index in [-0.39, 0.29) is 0 Å². The molecule has 16 heavy (non-hydrogen) atoms. The number of hydrogen-bond donors (Lipinski definition) is 0. The van der Waals surface area contributed by atoms with Crippen LogP contribution in [0.4, 0.5) is 0 Å². The van der Waals surface area contributed by atoms with Crippen LogP contribution in [0.5, 0.6) is 0 Å². The molecule has 2 heterocycles. The number of benzene rings is 1. The second-order valence-electron chi connectivity index (χ2n) is 4.15. The number of rotatable bonds is 1. The molecule has 0 radical (unpaired) electrons. The van der Waals surface area contributed by atoms with Crippen molar-refractivity contribution < 1.29 is 8.99 Å². The van der Waals surface area contributed by atoms with E-state index in [1.165, 1.54) is 16.8 Å². The number of fused-ring (bicyclic) bond motifs is 1. The Bertz CT molecular complexity index is 538. The lowest BCUT2D eigenvalue weighted by molar-refractivity contribution is -0.497. The zero-order chi connectivity index (χ0) is 11.0. The third-order valence-corrected chi connectivity index (χ3v) is 3.13. The van der Waals surface area contributed by atoms with Crippen molar-refractivity contribution in [1.82, 2.24) is 0 Å². The van der Waals surface area contributed by atoms with Gasteiger partial charge in [0.15, 0.2) is 5.76 Å². The van der Waals surface area contributed by atoms with E-state index in [9.17, 15) is 0 Å². The van der Waals surface area contributed by atoms with Crippen LogP contribution in [0.15, 0.2) is 47.1 Å². The lowest BCUT2D eigenvalue weighted by Gasteiger charge is -2.14. The number of hydrogen-bond acceptors (Lipinski definition) is 1. The fourth-order valence-electron chi connectivity index (χ4n) is 2.31. The van der Waals surface area contributed by atoms with Crippen LogP contribution >= 0.6 is 0 Å². The molecule has 2 nitrogen and oxygen atoms in total. The Morgan fingerprint density at radius 3 is 2.81 bits per heavy atom. The average Bonchev–Trinajstić information content (AvgIpc) is 2.82. The molecule has 0 fully saturated rings. The molecule has 0 spiro atoms. The Morgan fingerprint density at radius 2 is 2.00 bits per heavy atom. The normalized spacial score (nSPS) is 15.1. The molecule has 1 aliphatic heterocycles. The lowest BCUT2D eigenvalue weighted by Crippen LogP contribution is -2.27.